The molecular weight excluding hydrogens is 318 g/mol. The van der Waals surface area contributed by atoms with Crippen LogP contribution in [-0.2, 0) is 6.42 Å². The maximum Gasteiger partial charge on any atom is 0.119 e. The first kappa shape index (κ1) is 16.3. The summed E-state index contributed by atoms with van der Waals surface area (Å²) in [5, 5.41) is 11.3. The number of benzene rings is 2. The molecule has 122 valence electrons. The van der Waals surface area contributed by atoms with E-state index in [0.29, 0.717) is 12.4 Å². The maximum atomic E-state index is 9.26. The summed E-state index contributed by atoms with van der Waals surface area (Å²) in [6.45, 7) is 0.665. The number of aryl methyl sites for hydroxylation is 1. The first-order valence-corrected chi connectivity index (χ1v) is 8.76. The minimum Gasteiger partial charge on any atom is -0.508 e. The van der Waals surface area contributed by atoms with Crippen LogP contribution in [0.15, 0.2) is 71.0 Å². The zero-order valence-electron chi connectivity index (χ0n) is 13.3. The topological polar surface area (TPSA) is 41.8 Å². The maximum absolute atomic E-state index is 9.26. The van der Waals surface area contributed by atoms with E-state index in [0.717, 1.165) is 29.2 Å². The SMILES string of the molecule is Oc1ccc(CCCOc2ccc(N=Cc3cccs3)cc2)cc1. The molecule has 0 fully saturated rings. The molecule has 1 aromatic heterocycles. The normalized spacial score (nSPS) is 11.0. The molecule has 0 spiro atoms. The molecular formula is C20H19NO2S. The van der Waals surface area contributed by atoms with Gasteiger partial charge in [-0.2, -0.15) is 0 Å². The number of nitrogens with zero attached hydrogens (tertiary/aromatic N) is 1. The zero-order chi connectivity index (χ0) is 16.6. The number of aliphatic imine (C=N–C) groups is 1. The predicted molar refractivity (Wildman–Crippen MR) is 99.9 cm³/mol. The van der Waals surface area contributed by atoms with Gasteiger partial charge in [-0.15, -0.1) is 11.3 Å². The standard InChI is InChI=1S/C20H19NO2S/c22-18-9-5-16(6-10-18)3-1-13-23-19-11-7-17(8-12-19)21-15-20-4-2-14-24-20/h2,4-12,14-15,22H,1,3,13H2. The summed E-state index contributed by atoms with van der Waals surface area (Å²) in [5.41, 5.74) is 2.12. The van der Waals surface area contributed by atoms with Gasteiger partial charge in [-0.3, -0.25) is 4.99 Å². The molecule has 1 N–H and O–H groups in total. The second kappa shape index (κ2) is 8.31. The first-order chi connectivity index (χ1) is 11.8. The zero-order valence-corrected chi connectivity index (χ0v) is 14.1. The van der Waals surface area contributed by atoms with E-state index in [4.69, 9.17) is 4.74 Å². The molecule has 0 unspecified atom stereocenters. The van der Waals surface area contributed by atoms with Gasteiger partial charge in [-0.05, 0) is 66.2 Å². The van der Waals surface area contributed by atoms with E-state index in [1.807, 2.05) is 60.1 Å². The quantitative estimate of drug-likeness (QED) is 0.474. The van der Waals surface area contributed by atoms with Crippen LogP contribution in [0.4, 0.5) is 5.69 Å². The highest BCUT2D eigenvalue weighted by atomic mass is 32.1. The molecule has 0 bridgehead atoms. The van der Waals surface area contributed by atoms with Gasteiger partial charge >= 0.3 is 0 Å². The van der Waals surface area contributed by atoms with Gasteiger partial charge in [0, 0.05) is 11.1 Å². The minimum absolute atomic E-state index is 0.303. The molecule has 0 atom stereocenters. The van der Waals surface area contributed by atoms with Crippen molar-refractivity contribution in [3.63, 3.8) is 0 Å². The molecule has 0 aliphatic carbocycles. The summed E-state index contributed by atoms with van der Waals surface area (Å²) in [5.74, 6) is 1.16. The monoisotopic (exact) mass is 337 g/mol. The Morgan fingerprint density at radius 3 is 2.50 bits per heavy atom. The van der Waals surface area contributed by atoms with Crippen molar-refractivity contribution < 1.29 is 9.84 Å². The third kappa shape index (κ3) is 4.96. The number of phenols is 1. The van der Waals surface area contributed by atoms with Gasteiger partial charge in [0.15, 0.2) is 0 Å². The fourth-order valence-corrected chi connectivity index (χ4v) is 2.85. The lowest BCUT2D eigenvalue weighted by atomic mass is 10.1. The smallest absolute Gasteiger partial charge is 0.119 e. The fraction of sp³-hybridized carbons (Fsp3) is 0.150. The predicted octanol–water partition coefficient (Wildman–Crippen LogP) is 5.22. The fourth-order valence-electron chi connectivity index (χ4n) is 2.26. The molecule has 3 nitrogen and oxygen atoms in total. The number of hydrogen-bond acceptors (Lipinski definition) is 4. The number of hydrogen-bond donors (Lipinski definition) is 1. The van der Waals surface area contributed by atoms with Crippen LogP contribution in [0.1, 0.15) is 16.9 Å². The number of aromatic hydroxyl groups is 1. The Bertz CT molecular complexity index is 762. The molecule has 24 heavy (non-hydrogen) atoms. The van der Waals surface area contributed by atoms with Gasteiger partial charge < -0.3 is 9.84 Å². The molecule has 0 radical (unpaired) electrons. The summed E-state index contributed by atoms with van der Waals surface area (Å²) in [6, 6.07) is 19.2. The van der Waals surface area contributed by atoms with E-state index in [9.17, 15) is 5.11 Å². The lowest BCUT2D eigenvalue weighted by Gasteiger charge is -2.06. The van der Waals surface area contributed by atoms with Crippen LogP contribution in [0.3, 0.4) is 0 Å². The Balaban J connectivity index is 1.43. The van der Waals surface area contributed by atoms with Crippen molar-refractivity contribution in [1.29, 1.82) is 0 Å². The summed E-state index contributed by atoms with van der Waals surface area (Å²) in [4.78, 5) is 5.59. The largest absolute Gasteiger partial charge is 0.508 e. The van der Waals surface area contributed by atoms with Gasteiger partial charge in [0.25, 0.3) is 0 Å². The second-order valence-electron chi connectivity index (χ2n) is 5.39. The Morgan fingerprint density at radius 2 is 1.79 bits per heavy atom. The van der Waals surface area contributed by atoms with Crippen LogP contribution < -0.4 is 4.74 Å². The third-order valence-electron chi connectivity index (χ3n) is 3.54. The highest BCUT2D eigenvalue weighted by Gasteiger charge is 1.97. The molecule has 0 saturated heterocycles. The molecule has 3 aromatic rings. The number of phenolic OH excluding ortho intramolecular Hbond substituents is 1. The second-order valence-corrected chi connectivity index (χ2v) is 6.37. The summed E-state index contributed by atoms with van der Waals surface area (Å²) in [6.07, 6.45) is 3.74. The van der Waals surface area contributed by atoms with E-state index in [2.05, 4.69) is 4.99 Å². The molecule has 0 amide bonds. The summed E-state index contributed by atoms with van der Waals surface area (Å²) in [7, 11) is 0. The van der Waals surface area contributed by atoms with Crippen LogP contribution in [0, 0.1) is 0 Å². The van der Waals surface area contributed by atoms with Crippen LogP contribution in [-0.4, -0.2) is 17.9 Å². The Hall–Kier alpha value is -2.59. The van der Waals surface area contributed by atoms with Crippen molar-refractivity contribution in [2.45, 2.75) is 12.8 Å². The van der Waals surface area contributed by atoms with Crippen LogP contribution in [0.5, 0.6) is 11.5 Å². The Labute approximate surface area is 145 Å². The third-order valence-corrected chi connectivity index (χ3v) is 4.34. The van der Waals surface area contributed by atoms with Crippen LogP contribution in [0.25, 0.3) is 0 Å². The van der Waals surface area contributed by atoms with Gasteiger partial charge in [0.05, 0.1) is 12.3 Å². The van der Waals surface area contributed by atoms with Crippen LogP contribution in [0.2, 0.25) is 0 Å². The average Bonchev–Trinajstić information content (AvgIpc) is 3.13. The molecule has 2 aromatic carbocycles. The Morgan fingerprint density at radius 1 is 1.00 bits per heavy atom. The van der Waals surface area contributed by atoms with E-state index < -0.39 is 0 Å². The molecule has 3 rings (SSSR count). The molecule has 0 aliphatic rings. The van der Waals surface area contributed by atoms with Gasteiger partial charge in [0.1, 0.15) is 11.5 Å². The van der Waals surface area contributed by atoms with Crippen LogP contribution >= 0.6 is 11.3 Å². The van der Waals surface area contributed by atoms with Gasteiger partial charge in [-0.25, -0.2) is 0 Å². The van der Waals surface area contributed by atoms with Crippen molar-refractivity contribution in [2.24, 2.45) is 4.99 Å². The molecule has 4 heteroatoms. The Kier molecular flexibility index (Phi) is 5.64. The van der Waals surface area contributed by atoms with E-state index in [-0.39, 0.29) is 0 Å². The first-order valence-electron chi connectivity index (χ1n) is 7.88. The summed E-state index contributed by atoms with van der Waals surface area (Å²) < 4.78 is 5.76. The lowest BCUT2D eigenvalue weighted by molar-refractivity contribution is 0.311. The highest BCUT2D eigenvalue weighted by Crippen LogP contribution is 2.19. The van der Waals surface area contributed by atoms with Gasteiger partial charge in [-0.1, -0.05) is 18.2 Å². The summed E-state index contributed by atoms with van der Waals surface area (Å²) >= 11 is 1.67. The van der Waals surface area contributed by atoms with E-state index in [1.165, 1.54) is 5.56 Å². The van der Waals surface area contributed by atoms with E-state index >= 15 is 0 Å². The van der Waals surface area contributed by atoms with Crippen molar-refractivity contribution in [3.8, 4) is 11.5 Å². The van der Waals surface area contributed by atoms with Gasteiger partial charge in [0.2, 0.25) is 0 Å². The van der Waals surface area contributed by atoms with E-state index in [1.54, 1.807) is 23.5 Å². The average molecular weight is 337 g/mol. The van der Waals surface area contributed by atoms with Crippen molar-refractivity contribution in [1.82, 2.24) is 0 Å². The van der Waals surface area contributed by atoms with Crippen molar-refractivity contribution in [3.05, 3.63) is 76.5 Å². The molecule has 0 aliphatic heterocycles. The molecule has 0 saturated carbocycles. The number of rotatable bonds is 7. The highest BCUT2D eigenvalue weighted by molar-refractivity contribution is 7.11. The number of thiophene rings is 1. The van der Waals surface area contributed by atoms with Crippen molar-refractivity contribution in [2.75, 3.05) is 6.61 Å². The van der Waals surface area contributed by atoms with Crippen molar-refractivity contribution >= 4 is 23.2 Å². The lowest BCUT2D eigenvalue weighted by Crippen LogP contribution is -1.99. The molecule has 1 heterocycles. The minimum atomic E-state index is 0.303. The number of ether oxygens (including phenoxy) is 1.